The van der Waals surface area contributed by atoms with Gasteiger partial charge in [0.15, 0.2) is 11.5 Å². The number of benzene rings is 1. The van der Waals surface area contributed by atoms with E-state index in [4.69, 9.17) is 30.5 Å². The van der Waals surface area contributed by atoms with Gasteiger partial charge >= 0.3 is 0 Å². The van der Waals surface area contributed by atoms with Crippen LogP contribution in [-0.2, 0) is 6.42 Å². The molecule has 2 aromatic rings. The first-order chi connectivity index (χ1) is 12.4. The third-order valence-electron chi connectivity index (χ3n) is 4.13. The summed E-state index contributed by atoms with van der Waals surface area (Å²) in [7, 11) is 5.95. The molecule has 1 aromatic heterocycles. The van der Waals surface area contributed by atoms with Crippen molar-refractivity contribution in [2.75, 3.05) is 28.4 Å². The van der Waals surface area contributed by atoms with Crippen LogP contribution in [0.5, 0.6) is 23.1 Å². The van der Waals surface area contributed by atoms with Gasteiger partial charge in [0, 0.05) is 6.20 Å². The van der Waals surface area contributed by atoms with Gasteiger partial charge in [0.05, 0.1) is 44.6 Å². The van der Waals surface area contributed by atoms with Crippen molar-refractivity contribution in [2.24, 2.45) is 0 Å². The van der Waals surface area contributed by atoms with Gasteiger partial charge in [-0.15, -0.1) is 0 Å². The average molecular weight is 380 g/mol. The van der Waals surface area contributed by atoms with E-state index in [2.05, 4.69) is 4.98 Å². The second kappa shape index (κ2) is 8.27. The zero-order valence-corrected chi connectivity index (χ0v) is 16.5. The monoisotopic (exact) mass is 379 g/mol. The summed E-state index contributed by atoms with van der Waals surface area (Å²) in [6.07, 6.45) is 2.03. The predicted molar refractivity (Wildman–Crippen MR) is 99.4 cm³/mol. The Morgan fingerprint density at radius 1 is 1.04 bits per heavy atom. The number of hydrogen-bond donors (Lipinski definition) is 0. The molecule has 0 N–H and O–H groups in total. The van der Waals surface area contributed by atoms with Crippen molar-refractivity contribution < 1.29 is 23.7 Å². The Morgan fingerprint density at radius 3 is 2.19 bits per heavy atom. The molecule has 140 valence electrons. The summed E-state index contributed by atoms with van der Waals surface area (Å²) < 4.78 is 21.5. The smallest absolute Gasteiger partial charge is 0.224 e. The second-order valence-corrected chi connectivity index (χ2v) is 5.90. The molecule has 0 radical (unpaired) electrons. The van der Waals surface area contributed by atoms with E-state index in [-0.39, 0.29) is 11.7 Å². The molecule has 0 spiro atoms. The molecule has 0 aliphatic heterocycles. The first-order valence-electron chi connectivity index (χ1n) is 8.00. The van der Waals surface area contributed by atoms with E-state index in [9.17, 15) is 4.79 Å². The normalized spacial score (nSPS) is 10.4. The number of hydrogen-bond acceptors (Lipinski definition) is 6. The molecule has 0 atom stereocenters. The molecular formula is C19H22ClNO5. The highest BCUT2D eigenvalue weighted by Crippen LogP contribution is 2.43. The van der Waals surface area contributed by atoms with Crippen LogP contribution in [0.1, 0.15) is 34.0 Å². The summed E-state index contributed by atoms with van der Waals surface area (Å²) in [6.45, 7) is 3.71. The number of aromatic nitrogens is 1. The van der Waals surface area contributed by atoms with Crippen LogP contribution in [0, 0.1) is 6.92 Å². The lowest BCUT2D eigenvalue weighted by Gasteiger charge is -2.19. The van der Waals surface area contributed by atoms with E-state index in [0.29, 0.717) is 50.9 Å². The number of methoxy groups -OCH3 is 4. The molecule has 7 heteroatoms. The number of ether oxygens (including phenoxy) is 4. The van der Waals surface area contributed by atoms with Crippen molar-refractivity contribution in [3.05, 3.63) is 39.5 Å². The summed E-state index contributed by atoms with van der Waals surface area (Å²) in [5, 5.41) is 0.411. The molecule has 26 heavy (non-hydrogen) atoms. The van der Waals surface area contributed by atoms with Crippen molar-refractivity contribution in [2.45, 2.75) is 20.3 Å². The molecule has 0 amide bonds. The number of ketones is 1. The maximum atomic E-state index is 13.5. The van der Waals surface area contributed by atoms with E-state index in [1.165, 1.54) is 34.6 Å². The zero-order valence-electron chi connectivity index (χ0n) is 15.7. The van der Waals surface area contributed by atoms with Crippen molar-refractivity contribution in [1.29, 1.82) is 0 Å². The number of carbonyl (C=O) groups is 1. The number of nitrogens with zero attached hydrogens (tertiary/aromatic N) is 1. The Labute approximate surface area is 158 Å². The highest BCUT2D eigenvalue weighted by Gasteiger charge is 2.29. The Hall–Kier alpha value is -2.47. The topological polar surface area (TPSA) is 66.9 Å². The molecule has 2 rings (SSSR count). The SMILES string of the molecule is CCc1c(Cl)cnc(OC)c1C(=O)c1c(C)cc(OC)c(OC)c1OC. The van der Waals surface area contributed by atoms with E-state index < -0.39 is 0 Å². The number of pyridine rings is 1. The molecular weight excluding hydrogens is 358 g/mol. The van der Waals surface area contributed by atoms with Crippen LogP contribution >= 0.6 is 11.6 Å². The van der Waals surface area contributed by atoms with Gasteiger partial charge in [-0.25, -0.2) is 4.98 Å². The summed E-state index contributed by atoms with van der Waals surface area (Å²) in [5.41, 5.74) is 2.01. The van der Waals surface area contributed by atoms with Gasteiger partial charge < -0.3 is 18.9 Å². The number of carbonyl (C=O) groups excluding carboxylic acids is 1. The summed E-state index contributed by atoms with van der Waals surface area (Å²) in [4.78, 5) is 17.6. The fourth-order valence-electron chi connectivity index (χ4n) is 2.93. The first-order valence-corrected chi connectivity index (χ1v) is 8.38. The van der Waals surface area contributed by atoms with Crippen molar-refractivity contribution >= 4 is 17.4 Å². The molecule has 0 saturated heterocycles. The standard InChI is InChI=1S/C19H22ClNO5/c1-7-11-12(20)9-21-19(26-6)15(11)16(22)14-10(2)8-13(23-3)17(24-4)18(14)25-5/h8-9H,7H2,1-6H3. The summed E-state index contributed by atoms with van der Waals surface area (Å²) >= 11 is 6.26. The van der Waals surface area contributed by atoms with Gasteiger partial charge in [-0.1, -0.05) is 18.5 Å². The third kappa shape index (κ3) is 3.29. The van der Waals surface area contributed by atoms with Gasteiger partial charge in [-0.05, 0) is 30.5 Å². The largest absolute Gasteiger partial charge is 0.493 e. The van der Waals surface area contributed by atoms with Gasteiger partial charge in [0.25, 0.3) is 0 Å². The molecule has 0 fully saturated rings. The molecule has 0 bridgehead atoms. The lowest BCUT2D eigenvalue weighted by Crippen LogP contribution is -2.13. The second-order valence-electron chi connectivity index (χ2n) is 5.49. The molecule has 1 heterocycles. The fraction of sp³-hybridized carbons (Fsp3) is 0.368. The maximum Gasteiger partial charge on any atom is 0.224 e. The zero-order chi connectivity index (χ0) is 19.4. The Bertz CT molecular complexity index is 835. The van der Waals surface area contributed by atoms with Crippen LogP contribution in [0.4, 0.5) is 0 Å². The van der Waals surface area contributed by atoms with Gasteiger partial charge in [0.2, 0.25) is 17.4 Å². The van der Waals surface area contributed by atoms with Crippen LogP contribution in [-0.4, -0.2) is 39.2 Å². The number of halogens is 1. The number of aryl methyl sites for hydroxylation is 1. The van der Waals surface area contributed by atoms with Crippen LogP contribution < -0.4 is 18.9 Å². The maximum absolute atomic E-state index is 13.5. The van der Waals surface area contributed by atoms with Crippen LogP contribution in [0.15, 0.2) is 12.3 Å². The lowest BCUT2D eigenvalue weighted by atomic mass is 9.94. The summed E-state index contributed by atoms with van der Waals surface area (Å²) in [5.74, 6) is 1.02. The Balaban J connectivity index is 2.82. The van der Waals surface area contributed by atoms with Crippen molar-refractivity contribution in [3.8, 4) is 23.1 Å². The van der Waals surface area contributed by atoms with Gasteiger partial charge in [0.1, 0.15) is 0 Å². The average Bonchev–Trinajstić information content (AvgIpc) is 2.65. The lowest BCUT2D eigenvalue weighted by molar-refractivity contribution is 0.103. The fourth-order valence-corrected chi connectivity index (χ4v) is 3.20. The van der Waals surface area contributed by atoms with Gasteiger partial charge in [-0.2, -0.15) is 0 Å². The van der Waals surface area contributed by atoms with Gasteiger partial charge in [-0.3, -0.25) is 4.79 Å². The Kier molecular flexibility index (Phi) is 6.32. The Morgan fingerprint density at radius 2 is 1.69 bits per heavy atom. The highest BCUT2D eigenvalue weighted by molar-refractivity contribution is 6.32. The minimum absolute atomic E-state index is 0.215. The van der Waals surface area contributed by atoms with Crippen molar-refractivity contribution in [3.63, 3.8) is 0 Å². The summed E-state index contributed by atoms with van der Waals surface area (Å²) in [6, 6.07) is 1.73. The predicted octanol–water partition coefficient (Wildman–Crippen LogP) is 3.87. The molecule has 6 nitrogen and oxygen atoms in total. The third-order valence-corrected chi connectivity index (χ3v) is 4.45. The molecule has 0 unspecified atom stereocenters. The molecule has 0 saturated carbocycles. The number of rotatable bonds is 7. The van der Waals surface area contributed by atoms with Crippen LogP contribution in [0.25, 0.3) is 0 Å². The molecule has 0 aliphatic rings. The minimum atomic E-state index is -0.302. The van der Waals surface area contributed by atoms with E-state index >= 15 is 0 Å². The van der Waals surface area contributed by atoms with E-state index in [1.807, 2.05) is 6.92 Å². The first kappa shape index (κ1) is 19.8. The van der Waals surface area contributed by atoms with E-state index in [1.54, 1.807) is 13.0 Å². The van der Waals surface area contributed by atoms with Crippen LogP contribution in [0.2, 0.25) is 5.02 Å². The quantitative estimate of drug-likeness (QED) is 0.680. The molecule has 0 aliphatic carbocycles. The van der Waals surface area contributed by atoms with E-state index in [0.717, 1.165) is 0 Å². The van der Waals surface area contributed by atoms with Crippen LogP contribution in [0.3, 0.4) is 0 Å². The minimum Gasteiger partial charge on any atom is -0.493 e. The molecule has 1 aromatic carbocycles. The highest BCUT2D eigenvalue weighted by atomic mass is 35.5. The van der Waals surface area contributed by atoms with Crippen molar-refractivity contribution in [1.82, 2.24) is 4.98 Å².